The molecule has 0 amide bonds. The van der Waals surface area contributed by atoms with Gasteiger partial charge in [0.25, 0.3) is 0 Å². The molecule has 0 fully saturated rings. The van der Waals surface area contributed by atoms with Crippen LogP contribution in [0.25, 0.3) is 0 Å². The molecule has 0 bridgehead atoms. The smallest absolute Gasteiger partial charge is 0.0565 e. The molecule has 0 aliphatic rings. The van der Waals surface area contributed by atoms with Crippen molar-refractivity contribution in [3.63, 3.8) is 0 Å². The maximum absolute atomic E-state index is 9.67. The van der Waals surface area contributed by atoms with Gasteiger partial charge >= 0.3 is 0 Å². The SMILES string of the molecule is CCCCCCC(C)C(O)CCC. The van der Waals surface area contributed by atoms with E-state index < -0.39 is 0 Å². The Bertz CT molecular complexity index is 101. The van der Waals surface area contributed by atoms with Crippen molar-refractivity contribution in [1.82, 2.24) is 0 Å². The summed E-state index contributed by atoms with van der Waals surface area (Å²) in [6.45, 7) is 6.54. The van der Waals surface area contributed by atoms with Crippen LogP contribution in [0.2, 0.25) is 0 Å². The van der Waals surface area contributed by atoms with Gasteiger partial charge in [0.1, 0.15) is 0 Å². The van der Waals surface area contributed by atoms with E-state index in [4.69, 9.17) is 0 Å². The zero-order valence-corrected chi connectivity index (χ0v) is 9.55. The molecule has 0 saturated carbocycles. The van der Waals surface area contributed by atoms with Crippen LogP contribution in [0.15, 0.2) is 0 Å². The molecule has 0 aromatic rings. The van der Waals surface area contributed by atoms with Crippen molar-refractivity contribution in [1.29, 1.82) is 0 Å². The van der Waals surface area contributed by atoms with E-state index in [-0.39, 0.29) is 6.10 Å². The van der Waals surface area contributed by atoms with Crippen LogP contribution in [0.3, 0.4) is 0 Å². The number of unbranched alkanes of at least 4 members (excludes halogenated alkanes) is 3. The van der Waals surface area contributed by atoms with Crippen molar-refractivity contribution >= 4 is 0 Å². The van der Waals surface area contributed by atoms with Crippen LogP contribution >= 0.6 is 0 Å². The molecule has 0 heterocycles. The molecule has 0 aliphatic carbocycles. The summed E-state index contributed by atoms with van der Waals surface area (Å²) in [7, 11) is 0. The van der Waals surface area contributed by atoms with Gasteiger partial charge in [-0.3, -0.25) is 0 Å². The van der Waals surface area contributed by atoms with Crippen LogP contribution in [-0.2, 0) is 0 Å². The first-order chi connectivity index (χ1) is 6.22. The summed E-state index contributed by atoms with van der Waals surface area (Å²) in [6, 6.07) is 0. The molecule has 1 N–H and O–H groups in total. The number of aliphatic hydroxyl groups is 1. The molecule has 0 spiro atoms. The Balaban J connectivity index is 3.32. The topological polar surface area (TPSA) is 20.2 Å². The highest BCUT2D eigenvalue weighted by molar-refractivity contribution is 4.63. The molecule has 0 aliphatic heterocycles. The molecule has 2 atom stereocenters. The highest BCUT2D eigenvalue weighted by Gasteiger charge is 2.11. The summed E-state index contributed by atoms with van der Waals surface area (Å²) in [4.78, 5) is 0. The fourth-order valence-corrected chi connectivity index (χ4v) is 1.67. The van der Waals surface area contributed by atoms with Crippen molar-refractivity contribution in [2.75, 3.05) is 0 Å². The van der Waals surface area contributed by atoms with E-state index in [2.05, 4.69) is 20.8 Å². The van der Waals surface area contributed by atoms with E-state index in [0.717, 1.165) is 12.8 Å². The van der Waals surface area contributed by atoms with E-state index in [0.29, 0.717) is 5.92 Å². The van der Waals surface area contributed by atoms with Gasteiger partial charge in [-0.2, -0.15) is 0 Å². The quantitative estimate of drug-likeness (QED) is 0.572. The van der Waals surface area contributed by atoms with Crippen LogP contribution in [0.4, 0.5) is 0 Å². The average Bonchev–Trinajstić information content (AvgIpc) is 2.12. The summed E-state index contributed by atoms with van der Waals surface area (Å²) in [5, 5.41) is 9.67. The van der Waals surface area contributed by atoms with Crippen LogP contribution in [0.5, 0.6) is 0 Å². The summed E-state index contributed by atoms with van der Waals surface area (Å²) in [5.74, 6) is 0.497. The van der Waals surface area contributed by atoms with Gasteiger partial charge in [-0.05, 0) is 18.8 Å². The predicted molar refractivity (Wildman–Crippen MR) is 58.8 cm³/mol. The average molecular weight is 186 g/mol. The molecule has 1 heteroatoms. The lowest BCUT2D eigenvalue weighted by Crippen LogP contribution is -2.16. The first kappa shape index (κ1) is 13.0. The largest absolute Gasteiger partial charge is 0.393 e. The normalized spacial score (nSPS) is 15.7. The third-order valence-corrected chi connectivity index (χ3v) is 2.75. The third kappa shape index (κ3) is 7.06. The van der Waals surface area contributed by atoms with Crippen LogP contribution < -0.4 is 0 Å². The molecular formula is C12H26O. The fraction of sp³-hybridized carbons (Fsp3) is 1.00. The van der Waals surface area contributed by atoms with Crippen molar-refractivity contribution in [2.24, 2.45) is 5.92 Å². The monoisotopic (exact) mass is 186 g/mol. The van der Waals surface area contributed by atoms with E-state index in [1.165, 1.54) is 32.1 Å². The second-order valence-electron chi connectivity index (χ2n) is 4.18. The van der Waals surface area contributed by atoms with Gasteiger partial charge < -0.3 is 5.11 Å². The first-order valence-electron chi connectivity index (χ1n) is 5.90. The summed E-state index contributed by atoms with van der Waals surface area (Å²) in [5.41, 5.74) is 0. The lowest BCUT2D eigenvalue weighted by atomic mass is 9.94. The number of aliphatic hydroxyl groups excluding tert-OH is 1. The Morgan fingerprint density at radius 1 is 0.923 bits per heavy atom. The Labute approximate surface area is 83.5 Å². The highest BCUT2D eigenvalue weighted by Crippen LogP contribution is 2.16. The Hall–Kier alpha value is -0.0400. The van der Waals surface area contributed by atoms with Gasteiger partial charge in [-0.1, -0.05) is 52.9 Å². The zero-order valence-electron chi connectivity index (χ0n) is 9.55. The lowest BCUT2D eigenvalue weighted by molar-refractivity contribution is 0.101. The minimum absolute atomic E-state index is 0.0633. The molecule has 0 rings (SSSR count). The van der Waals surface area contributed by atoms with Crippen molar-refractivity contribution in [3.05, 3.63) is 0 Å². The van der Waals surface area contributed by atoms with E-state index in [1.807, 2.05) is 0 Å². The number of hydrogen-bond acceptors (Lipinski definition) is 1. The molecule has 1 nitrogen and oxygen atoms in total. The summed E-state index contributed by atoms with van der Waals surface area (Å²) < 4.78 is 0. The zero-order chi connectivity index (χ0) is 10.1. The molecule has 0 radical (unpaired) electrons. The molecule has 0 saturated heterocycles. The fourth-order valence-electron chi connectivity index (χ4n) is 1.67. The van der Waals surface area contributed by atoms with E-state index in [9.17, 15) is 5.11 Å². The standard InChI is InChI=1S/C12H26O/c1-4-6-7-8-10-11(3)12(13)9-5-2/h11-13H,4-10H2,1-3H3. The van der Waals surface area contributed by atoms with Crippen LogP contribution in [0, 0.1) is 5.92 Å². The van der Waals surface area contributed by atoms with Crippen molar-refractivity contribution in [2.45, 2.75) is 71.8 Å². The van der Waals surface area contributed by atoms with Crippen molar-refractivity contribution in [3.8, 4) is 0 Å². The summed E-state index contributed by atoms with van der Waals surface area (Å²) >= 11 is 0. The van der Waals surface area contributed by atoms with E-state index in [1.54, 1.807) is 0 Å². The Morgan fingerprint density at radius 2 is 1.62 bits per heavy atom. The maximum Gasteiger partial charge on any atom is 0.0565 e. The van der Waals surface area contributed by atoms with Crippen LogP contribution in [-0.4, -0.2) is 11.2 Å². The minimum atomic E-state index is -0.0633. The maximum atomic E-state index is 9.67. The lowest BCUT2D eigenvalue weighted by Gasteiger charge is -2.17. The van der Waals surface area contributed by atoms with Gasteiger partial charge in [-0.15, -0.1) is 0 Å². The predicted octanol–water partition coefficient (Wildman–Crippen LogP) is 3.75. The highest BCUT2D eigenvalue weighted by atomic mass is 16.3. The van der Waals surface area contributed by atoms with Crippen LogP contribution in [0.1, 0.15) is 65.7 Å². The van der Waals surface area contributed by atoms with Gasteiger partial charge in [0.15, 0.2) is 0 Å². The number of hydrogen-bond donors (Lipinski definition) is 1. The molecule has 0 aromatic carbocycles. The van der Waals surface area contributed by atoms with Gasteiger partial charge in [0, 0.05) is 0 Å². The van der Waals surface area contributed by atoms with Gasteiger partial charge in [0.05, 0.1) is 6.10 Å². The molecule has 13 heavy (non-hydrogen) atoms. The second kappa shape index (κ2) is 8.55. The molecule has 80 valence electrons. The minimum Gasteiger partial charge on any atom is -0.393 e. The Kier molecular flexibility index (Phi) is 8.53. The number of rotatable bonds is 8. The third-order valence-electron chi connectivity index (χ3n) is 2.75. The van der Waals surface area contributed by atoms with E-state index >= 15 is 0 Å². The van der Waals surface area contributed by atoms with Crippen molar-refractivity contribution < 1.29 is 5.11 Å². The summed E-state index contributed by atoms with van der Waals surface area (Å²) in [6.07, 6.45) is 8.46. The molecule has 0 aromatic heterocycles. The van der Waals surface area contributed by atoms with Gasteiger partial charge in [0.2, 0.25) is 0 Å². The molecular weight excluding hydrogens is 160 g/mol. The van der Waals surface area contributed by atoms with Gasteiger partial charge in [-0.25, -0.2) is 0 Å². The molecule has 2 unspecified atom stereocenters. The second-order valence-corrected chi connectivity index (χ2v) is 4.18. The first-order valence-corrected chi connectivity index (χ1v) is 5.90. The Morgan fingerprint density at radius 3 is 2.15 bits per heavy atom.